The lowest BCUT2D eigenvalue weighted by atomic mass is 10.1. The van der Waals surface area contributed by atoms with Crippen molar-refractivity contribution in [1.29, 1.82) is 0 Å². The van der Waals surface area contributed by atoms with Gasteiger partial charge in [0.15, 0.2) is 0 Å². The summed E-state index contributed by atoms with van der Waals surface area (Å²) in [7, 11) is 0. The zero-order valence-corrected chi connectivity index (χ0v) is 10.5. The zero-order valence-electron chi connectivity index (χ0n) is 9.72. The molecule has 0 unspecified atom stereocenters. The van der Waals surface area contributed by atoms with Crippen LogP contribution in [0.2, 0.25) is 0 Å². The molecule has 2 rings (SSSR count). The highest BCUT2D eigenvalue weighted by Gasteiger charge is 2.06. The van der Waals surface area contributed by atoms with Crippen LogP contribution >= 0.6 is 11.8 Å². The standard InChI is InChI=1S/C12H15N3OS/c1-9-4-2-3-5-10(9)8-17-12-15-14-11(16-12)6-7-13/h2-5H,6-8,13H2,1H3. The van der Waals surface area contributed by atoms with Crippen LogP contribution in [0.25, 0.3) is 0 Å². The van der Waals surface area contributed by atoms with Crippen molar-refractivity contribution in [3.8, 4) is 0 Å². The van der Waals surface area contributed by atoms with E-state index in [1.54, 1.807) is 11.8 Å². The molecule has 0 aliphatic heterocycles. The van der Waals surface area contributed by atoms with E-state index in [2.05, 4.69) is 29.3 Å². The largest absolute Gasteiger partial charge is 0.416 e. The Balaban J connectivity index is 1.95. The van der Waals surface area contributed by atoms with Crippen LogP contribution in [0.4, 0.5) is 0 Å². The molecule has 0 atom stereocenters. The van der Waals surface area contributed by atoms with E-state index in [1.165, 1.54) is 11.1 Å². The highest BCUT2D eigenvalue weighted by molar-refractivity contribution is 7.98. The monoisotopic (exact) mass is 249 g/mol. The van der Waals surface area contributed by atoms with Crippen LogP contribution < -0.4 is 5.73 Å². The molecule has 1 aromatic carbocycles. The Kier molecular flexibility index (Phi) is 4.17. The number of nitrogens with zero attached hydrogens (tertiary/aromatic N) is 2. The topological polar surface area (TPSA) is 64.9 Å². The summed E-state index contributed by atoms with van der Waals surface area (Å²) in [4.78, 5) is 0. The maximum Gasteiger partial charge on any atom is 0.276 e. The van der Waals surface area contributed by atoms with Crippen LogP contribution in [-0.2, 0) is 12.2 Å². The van der Waals surface area contributed by atoms with E-state index in [4.69, 9.17) is 10.2 Å². The maximum atomic E-state index is 5.45. The Morgan fingerprint density at radius 3 is 2.88 bits per heavy atom. The predicted octanol–water partition coefficient (Wildman–Crippen LogP) is 2.17. The SMILES string of the molecule is Cc1ccccc1CSc1nnc(CCN)o1. The Hall–Kier alpha value is -1.33. The van der Waals surface area contributed by atoms with Crippen molar-refractivity contribution in [3.05, 3.63) is 41.3 Å². The third-order valence-electron chi connectivity index (χ3n) is 2.42. The van der Waals surface area contributed by atoms with Gasteiger partial charge in [-0.3, -0.25) is 0 Å². The van der Waals surface area contributed by atoms with Gasteiger partial charge in [-0.1, -0.05) is 36.0 Å². The van der Waals surface area contributed by atoms with Crippen LogP contribution in [0.1, 0.15) is 17.0 Å². The summed E-state index contributed by atoms with van der Waals surface area (Å²) in [6.45, 7) is 2.63. The van der Waals surface area contributed by atoms with Crippen LogP contribution in [-0.4, -0.2) is 16.7 Å². The first-order chi connectivity index (χ1) is 8.29. The van der Waals surface area contributed by atoms with Gasteiger partial charge in [-0.2, -0.15) is 0 Å². The molecule has 0 aliphatic carbocycles. The molecular formula is C12H15N3OS. The van der Waals surface area contributed by atoms with Crippen LogP contribution in [0.3, 0.4) is 0 Å². The van der Waals surface area contributed by atoms with Crippen LogP contribution in [0.15, 0.2) is 33.9 Å². The lowest BCUT2D eigenvalue weighted by Crippen LogP contribution is -2.02. The number of thioether (sulfide) groups is 1. The van der Waals surface area contributed by atoms with Crippen molar-refractivity contribution >= 4 is 11.8 Å². The van der Waals surface area contributed by atoms with Gasteiger partial charge in [0, 0.05) is 18.7 Å². The van der Waals surface area contributed by atoms with Gasteiger partial charge < -0.3 is 10.2 Å². The molecule has 0 amide bonds. The fourth-order valence-electron chi connectivity index (χ4n) is 1.43. The molecule has 90 valence electrons. The van der Waals surface area contributed by atoms with Gasteiger partial charge in [0.1, 0.15) is 0 Å². The maximum absolute atomic E-state index is 5.45. The molecule has 5 heteroatoms. The normalized spacial score (nSPS) is 10.7. The summed E-state index contributed by atoms with van der Waals surface area (Å²) < 4.78 is 5.45. The number of rotatable bonds is 5. The highest BCUT2D eigenvalue weighted by Crippen LogP contribution is 2.22. The Morgan fingerprint density at radius 2 is 2.12 bits per heavy atom. The van der Waals surface area contributed by atoms with Gasteiger partial charge >= 0.3 is 0 Å². The first kappa shape index (κ1) is 12.1. The van der Waals surface area contributed by atoms with Crippen molar-refractivity contribution in [1.82, 2.24) is 10.2 Å². The van der Waals surface area contributed by atoms with Crippen molar-refractivity contribution in [2.75, 3.05) is 6.54 Å². The Bertz CT molecular complexity index is 484. The molecule has 1 heterocycles. The molecule has 0 saturated heterocycles. The summed E-state index contributed by atoms with van der Waals surface area (Å²) in [6, 6.07) is 8.29. The summed E-state index contributed by atoms with van der Waals surface area (Å²) in [5, 5.41) is 8.50. The minimum atomic E-state index is 0.532. The predicted molar refractivity (Wildman–Crippen MR) is 67.8 cm³/mol. The average Bonchev–Trinajstić information content (AvgIpc) is 2.76. The second-order valence-electron chi connectivity index (χ2n) is 3.72. The zero-order chi connectivity index (χ0) is 12.1. The van der Waals surface area contributed by atoms with E-state index in [-0.39, 0.29) is 0 Å². The van der Waals surface area contributed by atoms with Gasteiger partial charge in [-0.05, 0) is 18.1 Å². The fraction of sp³-hybridized carbons (Fsp3) is 0.333. The van der Waals surface area contributed by atoms with E-state index >= 15 is 0 Å². The number of aryl methyl sites for hydroxylation is 1. The number of nitrogens with two attached hydrogens (primary N) is 1. The molecule has 2 aromatic rings. The van der Waals surface area contributed by atoms with Gasteiger partial charge in [-0.25, -0.2) is 0 Å². The van der Waals surface area contributed by atoms with Gasteiger partial charge in [0.05, 0.1) is 0 Å². The molecule has 0 spiro atoms. The van der Waals surface area contributed by atoms with E-state index in [0.29, 0.717) is 24.1 Å². The molecule has 4 nitrogen and oxygen atoms in total. The molecule has 17 heavy (non-hydrogen) atoms. The third-order valence-corrected chi connectivity index (χ3v) is 3.29. The summed E-state index contributed by atoms with van der Waals surface area (Å²) in [6.07, 6.45) is 0.637. The Labute approximate surface area is 105 Å². The van der Waals surface area contributed by atoms with Crippen molar-refractivity contribution < 1.29 is 4.42 Å². The van der Waals surface area contributed by atoms with Crippen molar-refractivity contribution in [3.63, 3.8) is 0 Å². The number of aromatic nitrogens is 2. The molecule has 2 N–H and O–H groups in total. The second kappa shape index (κ2) is 5.84. The molecule has 0 bridgehead atoms. The number of hydrogen-bond donors (Lipinski definition) is 1. The van der Waals surface area contributed by atoms with E-state index in [1.807, 2.05) is 12.1 Å². The van der Waals surface area contributed by atoms with Gasteiger partial charge in [-0.15, -0.1) is 10.2 Å². The molecule has 0 aliphatic rings. The molecule has 1 aromatic heterocycles. The minimum absolute atomic E-state index is 0.532. The summed E-state index contributed by atoms with van der Waals surface area (Å²) in [5.41, 5.74) is 7.99. The van der Waals surface area contributed by atoms with Crippen molar-refractivity contribution in [2.45, 2.75) is 24.3 Å². The minimum Gasteiger partial charge on any atom is -0.416 e. The summed E-state index contributed by atoms with van der Waals surface area (Å²) in [5.74, 6) is 1.46. The van der Waals surface area contributed by atoms with Gasteiger partial charge in [0.25, 0.3) is 5.22 Å². The van der Waals surface area contributed by atoms with E-state index in [9.17, 15) is 0 Å². The lowest BCUT2D eigenvalue weighted by Gasteiger charge is -2.02. The average molecular weight is 249 g/mol. The van der Waals surface area contributed by atoms with E-state index < -0.39 is 0 Å². The summed E-state index contributed by atoms with van der Waals surface area (Å²) >= 11 is 1.55. The third kappa shape index (κ3) is 3.31. The first-order valence-corrected chi connectivity index (χ1v) is 6.48. The Morgan fingerprint density at radius 1 is 1.29 bits per heavy atom. The van der Waals surface area contributed by atoms with Crippen molar-refractivity contribution in [2.24, 2.45) is 5.73 Å². The lowest BCUT2D eigenvalue weighted by molar-refractivity contribution is 0.414. The van der Waals surface area contributed by atoms with Crippen LogP contribution in [0.5, 0.6) is 0 Å². The number of hydrogen-bond acceptors (Lipinski definition) is 5. The second-order valence-corrected chi connectivity index (χ2v) is 4.64. The number of benzene rings is 1. The molecule has 0 saturated carbocycles. The first-order valence-electron chi connectivity index (χ1n) is 5.49. The quantitative estimate of drug-likeness (QED) is 0.823. The fourth-order valence-corrected chi connectivity index (χ4v) is 2.29. The van der Waals surface area contributed by atoms with Crippen LogP contribution in [0, 0.1) is 6.92 Å². The van der Waals surface area contributed by atoms with Gasteiger partial charge in [0.2, 0.25) is 5.89 Å². The molecule has 0 radical (unpaired) electrons. The van der Waals surface area contributed by atoms with E-state index in [0.717, 1.165) is 5.75 Å². The molecule has 0 fully saturated rings. The highest BCUT2D eigenvalue weighted by atomic mass is 32.2. The smallest absolute Gasteiger partial charge is 0.276 e. The molecular weight excluding hydrogens is 234 g/mol.